The maximum atomic E-state index is 13.4. The number of aryl methyl sites for hydroxylation is 2. The average molecular weight is 390 g/mol. The summed E-state index contributed by atoms with van der Waals surface area (Å²) in [6.07, 6.45) is 3.38. The van der Waals surface area contributed by atoms with E-state index in [-0.39, 0.29) is 18.4 Å². The van der Waals surface area contributed by atoms with E-state index in [1.54, 1.807) is 12.4 Å². The van der Waals surface area contributed by atoms with Crippen LogP contribution in [0.4, 0.5) is 0 Å². The number of hydrogen-bond donors (Lipinski definition) is 0. The van der Waals surface area contributed by atoms with Gasteiger partial charge in [-0.25, -0.2) is 0 Å². The van der Waals surface area contributed by atoms with Gasteiger partial charge in [0, 0.05) is 38.6 Å². The molecule has 6 nitrogen and oxygen atoms in total. The van der Waals surface area contributed by atoms with Gasteiger partial charge in [-0.15, -0.1) is 0 Å². The number of carbonyl (C=O) groups is 2. The molecular weight excluding hydrogens is 364 g/mol. The summed E-state index contributed by atoms with van der Waals surface area (Å²) in [5, 5.41) is 0. The molecule has 4 rings (SSSR count). The largest absolute Gasteiger partial charge is 0.364 e. The first-order valence-electron chi connectivity index (χ1n) is 9.96. The second-order valence-electron chi connectivity index (χ2n) is 7.87. The van der Waals surface area contributed by atoms with E-state index in [0.717, 1.165) is 42.9 Å². The van der Waals surface area contributed by atoms with Gasteiger partial charge >= 0.3 is 0 Å². The Hall–Kier alpha value is -2.99. The Bertz CT molecular complexity index is 976. The maximum Gasteiger partial charge on any atom is 0.278 e. The molecule has 1 aromatic carbocycles. The van der Waals surface area contributed by atoms with Crippen molar-refractivity contribution in [1.29, 1.82) is 0 Å². The highest BCUT2D eigenvalue weighted by Gasteiger charge is 2.42. The summed E-state index contributed by atoms with van der Waals surface area (Å²) in [5.41, 5.74) is 4.99. The van der Waals surface area contributed by atoms with Crippen molar-refractivity contribution in [2.24, 2.45) is 0 Å². The van der Waals surface area contributed by atoms with Gasteiger partial charge in [0.15, 0.2) is 0 Å². The number of nitrogens with zero attached hydrogens (tertiary/aromatic N) is 4. The number of imide groups is 1. The molecule has 6 heteroatoms. The fraction of sp³-hybridized carbons (Fsp3) is 0.348. The highest BCUT2D eigenvalue weighted by Crippen LogP contribution is 2.33. The van der Waals surface area contributed by atoms with Gasteiger partial charge in [0.1, 0.15) is 5.70 Å². The number of aromatic nitrogens is 1. The second kappa shape index (κ2) is 7.79. The van der Waals surface area contributed by atoms with Crippen molar-refractivity contribution < 1.29 is 9.59 Å². The highest BCUT2D eigenvalue weighted by atomic mass is 16.2. The lowest BCUT2D eigenvalue weighted by molar-refractivity contribution is -0.138. The molecule has 1 saturated heterocycles. The molecule has 3 heterocycles. The standard InChI is InChI=1S/C23H26N4O2/c1-16-6-7-19(13-17(16)2)20-21(26-11-9-25(3)10-12-26)23(29)27(22(20)28)15-18-5-4-8-24-14-18/h4-8,13-14H,9-12,15H2,1-3H3. The number of amides is 2. The summed E-state index contributed by atoms with van der Waals surface area (Å²) < 4.78 is 0. The Morgan fingerprint density at radius 3 is 2.38 bits per heavy atom. The lowest BCUT2D eigenvalue weighted by atomic mass is 9.99. The summed E-state index contributed by atoms with van der Waals surface area (Å²) in [4.78, 5) is 36.6. The molecule has 0 unspecified atom stereocenters. The minimum Gasteiger partial charge on any atom is -0.364 e. The van der Waals surface area contributed by atoms with E-state index in [4.69, 9.17) is 0 Å². The van der Waals surface area contributed by atoms with Gasteiger partial charge in [-0.3, -0.25) is 19.5 Å². The van der Waals surface area contributed by atoms with Crippen LogP contribution in [0.25, 0.3) is 5.57 Å². The molecule has 1 fully saturated rings. The number of benzene rings is 1. The van der Waals surface area contributed by atoms with Gasteiger partial charge < -0.3 is 9.80 Å². The number of rotatable bonds is 4. The van der Waals surface area contributed by atoms with E-state index in [1.807, 2.05) is 44.2 Å². The van der Waals surface area contributed by atoms with E-state index in [0.29, 0.717) is 11.3 Å². The van der Waals surface area contributed by atoms with Crippen molar-refractivity contribution >= 4 is 17.4 Å². The van der Waals surface area contributed by atoms with Crippen molar-refractivity contribution in [2.45, 2.75) is 20.4 Å². The minimum absolute atomic E-state index is 0.211. The Labute approximate surface area is 171 Å². The molecule has 2 aromatic rings. The van der Waals surface area contributed by atoms with E-state index < -0.39 is 0 Å². The van der Waals surface area contributed by atoms with Crippen LogP contribution in [-0.4, -0.2) is 64.7 Å². The Morgan fingerprint density at radius 1 is 0.966 bits per heavy atom. The Morgan fingerprint density at radius 2 is 1.72 bits per heavy atom. The van der Waals surface area contributed by atoms with Crippen molar-refractivity contribution in [3.05, 3.63) is 70.7 Å². The number of likely N-dealkylation sites (N-methyl/N-ethyl adjacent to an activating group) is 1. The molecule has 1 aromatic heterocycles. The number of carbonyl (C=O) groups excluding carboxylic acids is 2. The van der Waals surface area contributed by atoms with Crippen LogP contribution in [0.5, 0.6) is 0 Å². The van der Waals surface area contributed by atoms with Gasteiger partial charge in [0.05, 0.1) is 12.1 Å². The molecule has 2 aliphatic heterocycles. The predicted octanol–water partition coefficient (Wildman–Crippen LogP) is 2.23. The molecule has 0 spiro atoms. The van der Waals surface area contributed by atoms with Crippen LogP contribution < -0.4 is 0 Å². The molecule has 150 valence electrons. The summed E-state index contributed by atoms with van der Waals surface area (Å²) in [7, 11) is 2.08. The molecule has 0 aliphatic carbocycles. The van der Waals surface area contributed by atoms with Gasteiger partial charge in [-0.1, -0.05) is 24.3 Å². The maximum absolute atomic E-state index is 13.4. The van der Waals surface area contributed by atoms with E-state index in [1.165, 1.54) is 10.5 Å². The Balaban J connectivity index is 1.75. The first kappa shape index (κ1) is 19.3. The van der Waals surface area contributed by atoms with Crippen molar-refractivity contribution in [3.63, 3.8) is 0 Å². The normalized spacial score (nSPS) is 18.2. The monoisotopic (exact) mass is 390 g/mol. The van der Waals surface area contributed by atoms with Crippen LogP contribution in [-0.2, 0) is 16.1 Å². The highest BCUT2D eigenvalue weighted by molar-refractivity contribution is 6.35. The second-order valence-corrected chi connectivity index (χ2v) is 7.87. The molecule has 0 atom stereocenters. The molecule has 0 saturated carbocycles. The number of hydrogen-bond acceptors (Lipinski definition) is 5. The fourth-order valence-corrected chi connectivity index (χ4v) is 3.86. The molecule has 29 heavy (non-hydrogen) atoms. The van der Waals surface area contributed by atoms with Gasteiger partial charge in [-0.05, 0) is 49.2 Å². The van der Waals surface area contributed by atoms with Crippen molar-refractivity contribution in [3.8, 4) is 0 Å². The van der Waals surface area contributed by atoms with Gasteiger partial charge in [-0.2, -0.15) is 0 Å². The number of pyridine rings is 1. The molecule has 2 amide bonds. The zero-order valence-corrected chi connectivity index (χ0v) is 17.2. The minimum atomic E-state index is -0.226. The zero-order valence-electron chi connectivity index (χ0n) is 17.2. The van der Waals surface area contributed by atoms with E-state index in [2.05, 4.69) is 21.8 Å². The zero-order chi connectivity index (χ0) is 20.5. The lowest BCUT2D eigenvalue weighted by Gasteiger charge is -2.34. The lowest BCUT2D eigenvalue weighted by Crippen LogP contribution is -2.46. The first-order valence-corrected chi connectivity index (χ1v) is 9.96. The van der Waals surface area contributed by atoms with Crippen molar-refractivity contribution in [1.82, 2.24) is 19.7 Å². The van der Waals surface area contributed by atoms with Gasteiger partial charge in [0.25, 0.3) is 11.8 Å². The molecule has 0 radical (unpaired) electrons. The summed E-state index contributed by atoms with van der Waals surface area (Å²) in [5.74, 6) is -0.437. The molecular formula is C23H26N4O2. The summed E-state index contributed by atoms with van der Waals surface area (Å²) in [6, 6.07) is 9.68. The first-order chi connectivity index (χ1) is 14.0. The topological polar surface area (TPSA) is 56.8 Å². The predicted molar refractivity (Wildman–Crippen MR) is 112 cm³/mol. The van der Waals surface area contributed by atoms with E-state index in [9.17, 15) is 9.59 Å². The fourth-order valence-electron chi connectivity index (χ4n) is 3.86. The van der Waals surface area contributed by atoms with Crippen molar-refractivity contribution in [2.75, 3.05) is 33.2 Å². The molecule has 0 N–H and O–H groups in total. The molecule has 0 bridgehead atoms. The third kappa shape index (κ3) is 3.68. The Kier molecular flexibility index (Phi) is 5.20. The summed E-state index contributed by atoms with van der Waals surface area (Å²) >= 11 is 0. The van der Waals surface area contributed by atoms with Crippen LogP contribution in [0.15, 0.2) is 48.4 Å². The summed E-state index contributed by atoms with van der Waals surface area (Å²) in [6.45, 7) is 7.52. The number of piperazine rings is 1. The van der Waals surface area contributed by atoms with Crippen LogP contribution in [0.3, 0.4) is 0 Å². The third-order valence-corrected chi connectivity index (χ3v) is 5.82. The van der Waals surface area contributed by atoms with Crippen LogP contribution >= 0.6 is 0 Å². The van der Waals surface area contributed by atoms with E-state index >= 15 is 0 Å². The smallest absolute Gasteiger partial charge is 0.278 e. The van der Waals surface area contributed by atoms with Crippen LogP contribution in [0.1, 0.15) is 22.3 Å². The van der Waals surface area contributed by atoms with Crippen LogP contribution in [0, 0.1) is 13.8 Å². The SMILES string of the molecule is Cc1ccc(C2=C(N3CCN(C)CC3)C(=O)N(Cc3cccnc3)C2=O)cc1C. The van der Waals surface area contributed by atoms with Crippen LogP contribution in [0.2, 0.25) is 0 Å². The average Bonchev–Trinajstić information content (AvgIpc) is 2.96. The quantitative estimate of drug-likeness (QED) is 0.750. The third-order valence-electron chi connectivity index (χ3n) is 5.82. The van der Waals surface area contributed by atoms with Gasteiger partial charge in [0.2, 0.25) is 0 Å². The molecule has 2 aliphatic rings.